The Bertz CT molecular complexity index is 494. The van der Waals surface area contributed by atoms with Crippen molar-refractivity contribution in [2.75, 3.05) is 13.7 Å². The number of methoxy groups -OCH3 is 1. The topological polar surface area (TPSA) is 63.7 Å². The van der Waals surface area contributed by atoms with Crippen molar-refractivity contribution in [2.45, 2.75) is 4.83 Å². The fraction of sp³-hybridized carbons (Fsp3) is 0.250. The number of esters is 1. The SMILES string of the molecule is COC(=O)[C@@H](Br)CN1C(=O)c2ccccc2C1=O. The number of fused-ring (bicyclic) bond motifs is 1. The number of rotatable bonds is 3. The zero-order valence-corrected chi connectivity index (χ0v) is 11.1. The summed E-state index contributed by atoms with van der Waals surface area (Å²) >= 11 is 3.09. The van der Waals surface area contributed by atoms with Gasteiger partial charge in [0.25, 0.3) is 11.8 Å². The molecule has 0 bridgehead atoms. The molecule has 2 amide bonds. The van der Waals surface area contributed by atoms with Crippen molar-refractivity contribution < 1.29 is 19.1 Å². The molecule has 0 saturated carbocycles. The molecule has 1 atom stereocenters. The first kappa shape index (κ1) is 12.8. The minimum Gasteiger partial charge on any atom is -0.468 e. The average molecular weight is 312 g/mol. The summed E-state index contributed by atoms with van der Waals surface area (Å²) < 4.78 is 4.53. The number of alkyl halides is 1. The fourth-order valence-corrected chi connectivity index (χ4v) is 2.24. The second kappa shape index (κ2) is 4.89. The maximum atomic E-state index is 12.0. The molecule has 1 aromatic rings. The van der Waals surface area contributed by atoms with Crippen LogP contribution in [0.3, 0.4) is 0 Å². The molecule has 6 heteroatoms. The summed E-state index contributed by atoms with van der Waals surface area (Å²) in [5, 5.41) is 0. The molecule has 0 aliphatic carbocycles. The van der Waals surface area contributed by atoms with E-state index in [-0.39, 0.29) is 18.4 Å². The van der Waals surface area contributed by atoms with Crippen LogP contribution in [0.4, 0.5) is 0 Å². The third kappa shape index (κ3) is 2.03. The minimum atomic E-state index is -0.718. The summed E-state index contributed by atoms with van der Waals surface area (Å²) in [6.07, 6.45) is 0. The highest BCUT2D eigenvalue weighted by molar-refractivity contribution is 9.10. The lowest BCUT2D eigenvalue weighted by atomic mass is 10.1. The average Bonchev–Trinajstić information content (AvgIpc) is 2.63. The van der Waals surface area contributed by atoms with Gasteiger partial charge in [-0.25, -0.2) is 0 Å². The van der Waals surface area contributed by atoms with Crippen molar-refractivity contribution in [2.24, 2.45) is 0 Å². The Labute approximate surface area is 112 Å². The molecular weight excluding hydrogens is 302 g/mol. The molecule has 0 aromatic heterocycles. The second-order valence-electron chi connectivity index (χ2n) is 3.76. The third-order valence-corrected chi connectivity index (χ3v) is 3.34. The molecule has 0 unspecified atom stereocenters. The van der Waals surface area contributed by atoms with Crippen LogP contribution in [0, 0.1) is 0 Å². The van der Waals surface area contributed by atoms with Gasteiger partial charge < -0.3 is 4.74 Å². The highest BCUT2D eigenvalue weighted by Crippen LogP contribution is 2.23. The number of hydrogen-bond acceptors (Lipinski definition) is 4. The highest BCUT2D eigenvalue weighted by atomic mass is 79.9. The van der Waals surface area contributed by atoms with E-state index in [2.05, 4.69) is 20.7 Å². The molecule has 0 saturated heterocycles. The first-order chi connectivity index (χ1) is 8.56. The fourth-order valence-electron chi connectivity index (χ4n) is 1.77. The van der Waals surface area contributed by atoms with Crippen LogP contribution >= 0.6 is 15.9 Å². The number of nitrogens with zero attached hydrogens (tertiary/aromatic N) is 1. The van der Waals surface area contributed by atoms with E-state index >= 15 is 0 Å². The lowest BCUT2D eigenvalue weighted by Gasteiger charge is -2.16. The van der Waals surface area contributed by atoms with Crippen LogP contribution in [-0.4, -0.2) is 41.2 Å². The number of amides is 2. The van der Waals surface area contributed by atoms with Gasteiger partial charge in [0.15, 0.2) is 0 Å². The Morgan fingerprint density at radius 3 is 2.22 bits per heavy atom. The second-order valence-corrected chi connectivity index (χ2v) is 4.86. The van der Waals surface area contributed by atoms with Gasteiger partial charge in [-0.15, -0.1) is 0 Å². The van der Waals surface area contributed by atoms with Crippen molar-refractivity contribution >= 4 is 33.7 Å². The van der Waals surface area contributed by atoms with E-state index in [4.69, 9.17) is 0 Å². The monoisotopic (exact) mass is 311 g/mol. The first-order valence-electron chi connectivity index (χ1n) is 5.23. The molecule has 2 rings (SSSR count). The summed E-state index contributed by atoms with van der Waals surface area (Å²) in [7, 11) is 1.25. The highest BCUT2D eigenvalue weighted by Gasteiger charge is 2.37. The van der Waals surface area contributed by atoms with E-state index in [1.54, 1.807) is 24.3 Å². The van der Waals surface area contributed by atoms with E-state index in [0.717, 1.165) is 4.90 Å². The van der Waals surface area contributed by atoms with E-state index in [0.29, 0.717) is 11.1 Å². The lowest BCUT2D eigenvalue weighted by molar-refractivity contribution is -0.139. The maximum absolute atomic E-state index is 12.0. The van der Waals surface area contributed by atoms with Crippen molar-refractivity contribution in [3.63, 3.8) is 0 Å². The van der Waals surface area contributed by atoms with E-state index < -0.39 is 10.8 Å². The standard InChI is InChI=1S/C12H10BrNO4/c1-18-12(17)9(13)6-14-10(15)7-4-2-3-5-8(7)11(14)16/h2-5,9H,6H2,1H3/t9-/m0/s1. The smallest absolute Gasteiger partial charge is 0.321 e. The number of imide groups is 1. The summed E-state index contributed by atoms with van der Waals surface area (Å²) in [5.74, 6) is -1.29. The van der Waals surface area contributed by atoms with E-state index in [1.165, 1.54) is 7.11 Å². The Morgan fingerprint density at radius 1 is 1.28 bits per heavy atom. The van der Waals surface area contributed by atoms with Crippen LogP contribution in [0.5, 0.6) is 0 Å². The summed E-state index contributed by atoms with van der Waals surface area (Å²) in [6, 6.07) is 6.58. The van der Waals surface area contributed by atoms with Crippen LogP contribution in [0.15, 0.2) is 24.3 Å². The third-order valence-electron chi connectivity index (χ3n) is 2.68. The van der Waals surface area contributed by atoms with Crippen LogP contribution in [-0.2, 0) is 9.53 Å². The molecule has 18 heavy (non-hydrogen) atoms. The van der Waals surface area contributed by atoms with Crippen LogP contribution in [0.2, 0.25) is 0 Å². The van der Waals surface area contributed by atoms with Crippen molar-refractivity contribution in [1.29, 1.82) is 0 Å². The number of hydrogen-bond donors (Lipinski definition) is 0. The Morgan fingerprint density at radius 2 is 1.78 bits per heavy atom. The molecule has 5 nitrogen and oxygen atoms in total. The van der Waals surface area contributed by atoms with Crippen molar-refractivity contribution in [3.8, 4) is 0 Å². The number of halogens is 1. The van der Waals surface area contributed by atoms with Gasteiger partial charge >= 0.3 is 5.97 Å². The molecule has 0 fully saturated rings. The molecule has 1 heterocycles. The largest absolute Gasteiger partial charge is 0.468 e. The first-order valence-corrected chi connectivity index (χ1v) is 6.15. The number of carbonyl (C=O) groups excluding carboxylic acids is 3. The Hall–Kier alpha value is -1.69. The zero-order chi connectivity index (χ0) is 13.3. The van der Waals surface area contributed by atoms with Gasteiger partial charge in [0.05, 0.1) is 24.8 Å². The molecular formula is C12H10BrNO4. The van der Waals surface area contributed by atoms with Gasteiger partial charge in [-0.1, -0.05) is 28.1 Å². The van der Waals surface area contributed by atoms with E-state index in [9.17, 15) is 14.4 Å². The molecule has 0 radical (unpaired) electrons. The van der Waals surface area contributed by atoms with Gasteiger partial charge in [0.1, 0.15) is 4.83 Å². The summed E-state index contributed by atoms with van der Waals surface area (Å²) in [6.45, 7) is -0.0426. The van der Waals surface area contributed by atoms with Gasteiger partial charge in [-0.3, -0.25) is 19.3 Å². The van der Waals surface area contributed by atoms with Gasteiger partial charge in [-0.2, -0.15) is 0 Å². The normalized spacial score (nSPS) is 15.6. The molecule has 94 valence electrons. The van der Waals surface area contributed by atoms with Crippen molar-refractivity contribution in [3.05, 3.63) is 35.4 Å². The van der Waals surface area contributed by atoms with Crippen LogP contribution in [0.1, 0.15) is 20.7 Å². The number of ether oxygens (including phenoxy) is 1. The Kier molecular flexibility index (Phi) is 3.47. The predicted molar refractivity (Wildman–Crippen MR) is 66.5 cm³/mol. The molecule has 0 spiro atoms. The molecule has 0 N–H and O–H groups in total. The lowest BCUT2D eigenvalue weighted by Crippen LogP contribution is -2.38. The molecule has 1 aromatic carbocycles. The van der Waals surface area contributed by atoms with Gasteiger partial charge in [0, 0.05) is 0 Å². The van der Waals surface area contributed by atoms with Crippen LogP contribution in [0.25, 0.3) is 0 Å². The molecule has 1 aliphatic rings. The molecule has 1 aliphatic heterocycles. The zero-order valence-electron chi connectivity index (χ0n) is 9.55. The predicted octanol–water partition coefficient (Wildman–Crippen LogP) is 1.22. The number of carbonyl (C=O) groups is 3. The number of benzene rings is 1. The minimum absolute atomic E-state index is 0.0426. The maximum Gasteiger partial charge on any atom is 0.321 e. The van der Waals surface area contributed by atoms with E-state index in [1.807, 2.05) is 0 Å². The quantitative estimate of drug-likeness (QED) is 0.478. The van der Waals surface area contributed by atoms with Crippen LogP contribution < -0.4 is 0 Å². The van der Waals surface area contributed by atoms with Gasteiger partial charge in [-0.05, 0) is 12.1 Å². The van der Waals surface area contributed by atoms with Gasteiger partial charge in [0.2, 0.25) is 0 Å². The van der Waals surface area contributed by atoms with Crippen molar-refractivity contribution in [1.82, 2.24) is 4.90 Å². The summed E-state index contributed by atoms with van der Waals surface area (Å²) in [4.78, 5) is 35.6. The summed E-state index contributed by atoms with van der Waals surface area (Å²) in [5.41, 5.74) is 0.735. The Balaban J connectivity index is 2.21.